The van der Waals surface area contributed by atoms with Crippen molar-refractivity contribution in [3.05, 3.63) is 29.8 Å². The first kappa shape index (κ1) is 11.5. The minimum atomic E-state index is 0.351. The fourth-order valence-electron chi connectivity index (χ4n) is 2.35. The highest BCUT2D eigenvalue weighted by Gasteiger charge is 2.22. The Bertz CT molecular complexity index is 333. The molecule has 1 aromatic rings. The van der Waals surface area contributed by atoms with E-state index in [-0.39, 0.29) is 0 Å². The number of likely N-dealkylation sites (tertiary alicyclic amines) is 1. The summed E-state index contributed by atoms with van der Waals surface area (Å²) in [5.41, 5.74) is 1.29. The summed E-state index contributed by atoms with van der Waals surface area (Å²) in [5, 5.41) is 9.23. The smallest absolute Gasteiger partial charge is 0.115 e. The number of rotatable bonds is 2. The van der Waals surface area contributed by atoms with E-state index in [1.807, 2.05) is 12.1 Å². The van der Waals surface area contributed by atoms with Crippen molar-refractivity contribution in [2.45, 2.75) is 26.8 Å². The van der Waals surface area contributed by atoms with Crippen molar-refractivity contribution in [3.8, 4) is 5.75 Å². The van der Waals surface area contributed by atoms with Gasteiger partial charge in [0.05, 0.1) is 0 Å². The molecule has 1 N–H and O–H groups in total. The van der Waals surface area contributed by atoms with Crippen molar-refractivity contribution in [2.75, 3.05) is 13.1 Å². The number of hydrogen-bond acceptors (Lipinski definition) is 2. The molecule has 1 aliphatic rings. The van der Waals surface area contributed by atoms with Crippen LogP contribution in [0.4, 0.5) is 0 Å². The highest BCUT2D eigenvalue weighted by molar-refractivity contribution is 5.25. The van der Waals surface area contributed by atoms with Crippen LogP contribution in [0.5, 0.6) is 5.75 Å². The van der Waals surface area contributed by atoms with Crippen LogP contribution in [0, 0.1) is 11.8 Å². The van der Waals surface area contributed by atoms with Crippen LogP contribution in [0.1, 0.15) is 25.8 Å². The second-order valence-corrected chi connectivity index (χ2v) is 5.14. The molecule has 0 bridgehead atoms. The highest BCUT2D eigenvalue weighted by atomic mass is 16.3. The number of phenols is 1. The number of nitrogens with zero attached hydrogens (tertiary/aromatic N) is 1. The third kappa shape index (κ3) is 2.76. The van der Waals surface area contributed by atoms with E-state index in [1.54, 1.807) is 12.1 Å². The van der Waals surface area contributed by atoms with Crippen molar-refractivity contribution in [1.82, 2.24) is 4.90 Å². The van der Waals surface area contributed by atoms with Gasteiger partial charge in [0.2, 0.25) is 0 Å². The average molecular weight is 219 g/mol. The molecule has 16 heavy (non-hydrogen) atoms. The number of hydrogen-bond donors (Lipinski definition) is 1. The largest absolute Gasteiger partial charge is 0.508 e. The number of piperidine rings is 1. The van der Waals surface area contributed by atoms with E-state index >= 15 is 0 Å². The maximum atomic E-state index is 9.23. The van der Waals surface area contributed by atoms with E-state index in [2.05, 4.69) is 18.7 Å². The third-order valence-electron chi connectivity index (χ3n) is 3.76. The Balaban J connectivity index is 1.93. The Morgan fingerprint density at radius 2 is 1.88 bits per heavy atom. The zero-order chi connectivity index (χ0) is 11.5. The Labute approximate surface area is 97.9 Å². The van der Waals surface area contributed by atoms with Crippen LogP contribution in [0.15, 0.2) is 24.3 Å². The van der Waals surface area contributed by atoms with Gasteiger partial charge >= 0.3 is 0 Å². The van der Waals surface area contributed by atoms with Gasteiger partial charge in [-0.15, -0.1) is 0 Å². The maximum Gasteiger partial charge on any atom is 0.115 e. The molecule has 0 aliphatic carbocycles. The van der Waals surface area contributed by atoms with Crippen LogP contribution in [0.3, 0.4) is 0 Å². The Kier molecular flexibility index (Phi) is 3.49. The van der Waals surface area contributed by atoms with Gasteiger partial charge in [-0.1, -0.05) is 26.0 Å². The molecule has 2 rings (SSSR count). The Hall–Kier alpha value is -1.02. The van der Waals surface area contributed by atoms with Crippen LogP contribution >= 0.6 is 0 Å². The van der Waals surface area contributed by atoms with Crippen LogP contribution in [0.25, 0.3) is 0 Å². The fraction of sp³-hybridized carbons (Fsp3) is 0.571. The highest BCUT2D eigenvalue weighted by Crippen LogP contribution is 2.23. The number of benzene rings is 1. The van der Waals surface area contributed by atoms with Crippen molar-refractivity contribution in [2.24, 2.45) is 11.8 Å². The van der Waals surface area contributed by atoms with E-state index in [0.29, 0.717) is 5.75 Å². The molecular weight excluding hydrogens is 198 g/mol. The van der Waals surface area contributed by atoms with Crippen LogP contribution in [-0.2, 0) is 6.54 Å². The molecule has 88 valence electrons. The maximum absolute atomic E-state index is 9.23. The van der Waals surface area contributed by atoms with Crippen LogP contribution in [-0.4, -0.2) is 23.1 Å². The van der Waals surface area contributed by atoms with Crippen molar-refractivity contribution < 1.29 is 5.11 Å². The Morgan fingerprint density at radius 1 is 1.19 bits per heavy atom. The van der Waals surface area contributed by atoms with E-state index in [0.717, 1.165) is 18.4 Å². The summed E-state index contributed by atoms with van der Waals surface area (Å²) in [6.07, 6.45) is 1.30. The van der Waals surface area contributed by atoms with Gasteiger partial charge in [-0.05, 0) is 42.5 Å². The summed E-state index contributed by atoms with van der Waals surface area (Å²) in [5.74, 6) is 2.01. The second-order valence-electron chi connectivity index (χ2n) is 5.14. The molecule has 1 saturated heterocycles. The first-order valence-corrected chi connectivity index (χ1v) is 6.15. The number of phenolic OH excluding ortho intramolecular Hbond substituents is 1. The first-order chi connectivity index (χ1) is 7.65. The molecule has 0 radical (unpaired) electrons. The molecule has 2 nitrogen and oxygen atoms in total. The van der Waals surface area contributed by atoms with Crippen molar-refractivity contribution >= 4 is 0 Å². The molecule has 1 aliphatic heterocycles. The Morgan fingerprint density at radius 3 is 2.50 bits per heavy atom. The molecule has 1 aromatic carbocycles. The third-order valence-corrected chi connectivity index (χ3v) is 3.76. The van der Waals surface area contributed by atoms with E-state index in [1.165, 1.54) is 25.1 Å². The van der Waals surface area contributed by atoms with Gasteiger partial charge in [0, 0.05) is 13.1 Å². The molecule has 2 atom stereocenters. The predicted octanol–water partition coefficient (Wildman–Crippen LogP) is 2.87. The van der Waals surface area contributed by atoms with Crippen LogP contribution in [0.2, 0.25) is 0 Å². The lowest BCUT2D eigenvalue weighted by molar-refractivity contribution is 0.132. The van der Waals surface area contributed by atoms with Gasteiger partial charge in [-0.2, -0.15) is 0 Å². The molecule has 1 fully saturated rings. The van der Waals surface area contributed by atoms with Gasteiger partial charge in [0.1, 0.15) is 5.75 Å². The fourth-order valence-corrected chi connectivity index (χ4v) is 2.35. The summed E-state index contributed by atoms with van der Waals surface area (Å²) in [6.45, 7) is 8.10. The molecule has 0 amide bonds. The van der Waals surface area contributed by atoms with E-state index in [4.69, 9.17) is 0 Å². The first-order valence-electron chi connectivity index (χ1n) is 6.15. The lowest BCUT2D eigenvalue weighted by Gasteiger charge is -2.35. The predicted molar refractivity (Wildman–Crippen MR) is 66.3 cm³/mol. The van der Waals surface area contributed by atoms with Crippen molar-refractivity contribution in [1.29, 1.82) is 0 Å². The van der Waals surface area contributed by atoms with Crippen molar-refractivity contribution in [3.63, 3.8) is 0 Å². The normalized spacial score (nSPS) is 26.9. The van der Waals surface area contributed by atoms with Gasteiger partial charge in [0.25, 0.3) is 0 Å². The number of aromatic hydroxyl groups is 1. The SMILES string of the molecule is CC1CCN(Cc2ccc(O)cc2)CC1C. The summed E-state index contributed by atoms with van der Waals surface area (Å²) < 4.78 is 0. The van der Waals surface area contributed by atoms with Gasteiger partial charge in [-0.25, -0.2) is 0 Å². The summed E-state index contributed by atoms with van der Waals surface area (Å²) in [6, 6.07) is 7.56. The second kappa shape index (κ2) is 4.88. The molecule has 2 unspecified atom stereocenters. The standard InChI is InChI=1S/C14H21NO/c1-11-7-8-15(9-12(11)2)10-13-3-5-14(16)6-4-13/h3-6,11-12,16H,7-10H2,1-2H3. The summed E-state index contributed by atoms with van der Waals surface area (Å²) in [7, 11) is 0. The molecular formula is C14H21NO. The monoisotopic (exact) mass is 219 g/mol. The topological polar surface area (TPSA) is 23.5 Å². The van der Waals surface area contributed by atoms with Gasteiger partial charge < -0.3 is 5.11 Å². The average Bonchev–Trinajstić information content (AvgIpc) is 2.27. The quantitative estimate of drug-likeness (QED) is 0.826. The van der Waals surface area contributed by atoms with E-state index in [9.17, 15) is 5.11 Å². The summed E-state index contributed by atoms with van der Waals surface area (Å²) in [4.78, 5) is 2.51. The molecule has 1 heterocycles. The van der Waals surface area contributed by atoms with Gasteiger partial charge in [-0.3, -0.25) is 4.90 Å². The minimum absolute atomic E-state index is 0.351. The van der Waals surface area contributed by atoms with Gasteiger partial charge in [0.15, 0.2) is 0 Å². The zero-order valence-corrected chi connectivity index (χ0v) is 10.2. The molecule has 0 aromatic heterocycles. The summed E-state index contributed by atoms with van der Waals surface area (Å²) >= 11 is 0. The van der Waals surface area contributed by atoms with E-state index < -0.39 is 0 Å². The molecule has 2 heteroatoms. The molecule has 0 saturated carbocycles. The van der Waals surface area contributed by atoms with Crippen LogP contribution < -0.4 is 0 Å². The minimum Gasteiger partial charge on any atom is -0.508 e. The lowest BCUT2D eigenvalue weighted by atomic mass is 9.88. The zero-order valence-electron chi connectivity index (χ0n) is 10.2. The molecule has 0 spiro atoms. The lowest BCUT2D eigenvalue weighted by Crippen LogP contribution is -2.37.